The Morgan fingerprint density at radius 2 is 2.11 bits per heavy atom. The molecule has 0 atom stereocenters. The van der Waals surface area contributed by atoms with Gasteiger partial charge in [-0.25, -0.2) is 0 Å². The van der Waals surface area contributed by atoms with E-state index in [0.29, 0.717) is 0 Å². The SMILES string of the molecule is N=Cc1ccc(Br)cc1NCCCN1CCCC1. The van der Waals surface area contributed by atoms with Crippen LogP contribution < -0.4 is 5.32 Å². The molecule has 4 heteroatoms. The van der Waals surface area contributed by atoms with Gasteiger partial charge in [-0.15, -0.1) is 0 Å². The minimum Gasteiger partial charge on any atom is -0.384 e. The maximum absolute atomic E-state index is 7.38. The molecule has 0 spiro atoms. The van der Waals surface area contributed by atoms with Crippen molar-refractivity contribution in [3.05, 3.63) is 28.2 Å². The molecule has 1 saturated heterocycles. The molecule has 0 bridgehead atoms. The molecule has 1 aromatic carbocycles. The van der Waals surface area contributed by atoms with E-state index in [1.54, 1.807) is 0 Å². The van der Waals surface area contributed by atoms with Gasteiger partial charge in [-0.3, -0.25) is 0 Å². The maximum Gasteiger partial charge on any atom is 0.0440 e. The highest BCUT2D eigenvalue weighted by Crippen LogP contribution is 2.20. The van der Waals surface area contributed by atoms with Gasteiger partial charge in [0.1, 0.15) is 0 Å². The van der Waals surface area contributed by atoms with Gasteiger partial charge in [0.05, 0.1) is 0 Å². The van der Waals surface area contributed by atoms with Crippen molar-refractivity contribution in [2.75, 3.05) is 31.5 Å². The molecule has 0 saturated carbocycles. The normalized spacial score (nSPS) is 15.8. The standard InChI is InChI=1S/C14H20BrN3/c15-13-5-4-12(11-16)14(10-13)17-6-3-9-18-7-1-2-8-18/h4-5,10-11,16-17H,1-3,6-9H2. The van der Waals surface area contributed by atoms with Crippen LogP contribution in [-0.4, -0.2) is 37.3 Å². The summed E-state index contributed by atoms with van der Waals surface area (Å²) in [5.74, 6) is 0. The molecule has 0 amide bonds. The van der Waals surface area contributed by atoms with E-state index in [2.05, 4.69) is 26.1 Å². The fourth-order valence-electron chi connectivity index (χ4n) is 2.34. The number of anilines is 1. The zero-order chi connectivity index (χ0) is 12.8. The zero-order valence-corrected chi connectivity index (χ0v) is 12.2. The Labute approximate surface area is 117 Å². The summed E-state index contributed by atoms with van der Waals surface area (Å²) < 4.78 is 1.05. The van der Waals surface area contributed by atoms with Crippen molar-refractivity contribution in [1.29, 1.82) is 5.41 Å². The highest BCUT2D eigenvalue weighted by atomic mass is 79.9. The van der Waals surface area contributed by atoms with E-state index in [1.165, 1.54) is 38.7 Å². The predicted octanol–water partition coefficient (Wildman–Crippen LogP) is 3.34. The quantitative estimate of drug-likeness (QED) is 0.625. The van der Waals surface area contributed by atoms with Crippen molar-refractivity contribution in [1.82, 2.24) is 4.90 Å². The molecule has 3 nitrogen and oxygen atoms in total. The monoisotopic (exact) mass is 309 g/mol. The molecule has 1 fully saturated rings. The van der Waals surface area contributed by atoms with E-state index in [4.69, 9.17) is 5.41 Å². The van der Waals surface area contributed by atoms with E-state index in [9.17, 15) is 0 Å². The Morgan fingerprint density at radius 1 is 1.33 bits per heavy atom. The first-order valence-electron chi connectivity index (χ1n) is 6.56. The minimum atomic E-state index is 0.944. The molecule has 1 aliphatic rings. The van der Waals surface area contributed by atoms with E-state index in [1.807, 2.05) is 18.2 Å². The first kappa shape index (κ1) is 13.6. The molecule has 1 aromatic rings. The molecule has 1 aliphatic heterocycles. The third-order valence-corrected chi connectivity index (χ3v) is 3.83. The largest absolute Gasteiger partial charge is 0.384 e. The van der Waals surface area contributed by atoms with Gasteiger partial charge in [0, 0.05) is 28.5 Å². The van der Waals surface area contributed by atoms with Crippen LogP contribution in [0.5, 0.6) is 0 Å². The van der Waals surface area contributed by atoms with Crippen LogP contribution in [-0.2, 0) is 0 Å². The van der Waals surface area contributed by atoms with Crippen LogP contribution in [0.3, 0.4) is 0 Å². The molecular formula is C14H20BrN3. The lowest BCUT2D eigenvalue weighted by Crippen LogP contribution is -2.22. The fourth-order valence-corrected chi connectivity index (χ4v) is 2.70. The summed E-state index contributed by atoms with van der Waals surface area (Å²) in [6.45, 7) is 4.68. The van der Waals surface area contributed by atoms with Gasteiger partial charge in [0.25, 0.3) is 0 Å². The summed E-state index contributed by atoms with van der Waals surface area (Å²) >= 11 is 3.47. The minimum absolute atomic E-state index is 0.944. The van der Waals surface area contributed by atoms with Gasteiger partial charge in [-0.1, -0.05) is 22.0 Å². The Hall–Kier alpha value is -0.870. The van der Waals surface area contributed by atoms with Gasteiger partial charge in [-0.05, 0) is 51.0 Å². The third-order valence-electron chi connectivity index (χ3n) is 3.34. The molecule has 0 aromatic heterocycles. The molecule has 98 valence electrons. The molecule has 0 radical (unpaired) electrons. The Kier molecular flexibility index (Phi) is 5.20. The van der Waals surface area contributed by atoms with Gasteiger partial charge in [0.2, 0.25) is 0 Å². The van der Waals surface area contributed by atoms with Gasteiger partial charge >= 0.3 is 0 Å². The molecule has 2 N–H and O–H groups in total. The van der Waals surface area contributed by atoms with E-state index < -0.39 is 0 Å². The summed E-state index contributed by atoms with van der Waals surface area (Å²) in [5, 5.41) is 10.8. The summed E-state index contributed by atoms with van der Waals surface area (Å²) in [6.07, 6.45) is 5.27. The van der Waals surface area contributed by atoms with E-state index in [0.717, 1.165) is 28.7 Å². The average Bonchev–Trinajstić information content (AvgIpc) is 2.88. The molecule has 18 heavy (non-hydrogen) atoms. The first-order valence-corrected chi connectivity index (χ1v) is 7.35. The Bertz CT molecular complexity index is 400. The number of hydrogen-bond donors (Lipinski definition) is 2. The van der Waals surface area contributed by atoms with E-state index >= 15 is 0 Å². The lowest BCUT2D eigenvalue weighted by molar-refractivity contribution is 0.337. The van der Waals surface area contributed by atoms with Crippen LogP contribution in [0.25, 0.3) is 0 Å². The summed E-state index contributed by atoms with van der Waals surface area (Å²) in [6, 6.07) is 5.96. The molecule has 0 aliphatic carbocycles. The van der Waals surface area contributed by atoms with Crippen LogP contribution in [0.1, 0.15) is 24.8 Å². The molecule has 0 unspecified atom stereocenters. The average molecular weight is 310 g/mol. The number of rotatable bonds is 6. The second-order valence-electron chi connectivity index (χ2n) is 4.70. The van der Waals surface area contributed by atoms with Gasteiger partial charge < -0.3 is 15.6 Å². The third kappa shape index (κ3) is 3.82. The van der Waals surface area contributed by atoms with Crippen molar-refractivity contribution in [2.24, 2.45) is 0 Å². The summed E-state index contributed by atoms with van der Waals surface area (Å²) in [4.78, 5) is 2.53. The number of nitrogens with zero attached hydrogens (tertiary/aromatic N) is 1. The molecule has 1 heterocycles. The Balaban J connectivity index is 1.78. The fraction of sp³-hybridized carbons (Fsp3) is 0.500. The Morgan fingerprint density at radius 3 is 2.83 bits per heavy atom. The number of halogens is 1. The highest BCUT2D eigenvalue weighted by molar-refractivity contribution is 9.10. The van der Waals surface area contributed by atoms with Gasteiger partial charge in [-0.2, -0.15) is 0 Å². The lowest BCUT2D eigenvalue weighted by Gasteiger charge is -2.15. The summed E-state index contributed by atoms with van der Waals surface area (Å²) in [7, 11) is 0. The highest BCUT2D eigenvalue weighted by Gasteiger charge is 2.10. The second kappa shape index (κ2) is 6.90. The predicted molar refractivity (Wildman–Crippen MR) is 80.8 cm³/mol. The number of hydrogen-bond acceptors (Lipinski definition) is 3. The topological polar surface area (TPSA) is 39.1 Å². The van der Waals surface area contributed by atoms with Crippen LogP contribution >= 0.6 is 15.9 Å². The zero-order valence-electron chi connectivity index (χ0n) is 10.6. The van der Waals surface area contributed by atoms with Gasteiger partial charge in [0.15, 0.2) is 0 Å². The summed E-state index contributed by atoms with van der Waals surface area (Å²) in [5.41, 5.74) is 1.99. The van der Waals surface area contributed by atoms with Crippen LogP contribution in [0.4, 0.5) is 5.69 Å². The van der Waals surface area contributed by atoms with Crippen LogP contribution in [0, 0.1) is 5.41 Å². The second-order valence-corrected chi connectivity index (χ2v) is 5.62. The number of likely N-dealkylation sites (tertiary alicyclic amines) is 1. The number of nitrogens with one attached hydrogen (secondary N) is 2. The number of benzene rings is 1. The van der Waals surface area contributed by atoms with Crippen molar-refractivity contribution >= 4 is 27.8 Å². The van der Waals surface area contributed by atoms with Crippen LogP contribution in [0.2, 0.25) is 0 Å². The molecular weight excluding hydrogens is 290 g/mol. The first-order chi connectivity index (χ1) is 8.79. The van der Waals surface area contributed by atoms with Crippen molar-refractivity contribution in [3.8, 4) is 0 Å². The molecule has 2 rings (SSSR count). The lowest BCUT2D eigenvalue weighted by atomic mass is 10.2. The van der Waals surface area contributed by atoms with Crippen molar-refractivity contribution in [2.45, 2.75) is 19.3 Å². The van der Waals surface area contributed by atoms with Crippen molar-refractivity contribution < 1.29 is 0 Å². The van der Waals surface area contributed by atoms with Crippen LogP contribution in [0.15, 0.2) is 22.7 Å². The van der Waals surface area contributed by atoms with E-state index in [-0.39, 0.29) is 0 Å². The van der Waals surface area contributed by atoms with Crippen molar-refractivity contribution in [3.63, 3.8) is 0 Å². The smallest absolute Gasteiger partial charge is 0.0440 e. The maximum atomic E-state index is 7.38.